The molecule has 3 aromatic rings. The minimum absolute atomic E-state index is 0.0553. The second kappa shape index (κ2) is 11.0. The van der Waals surface area contributed by atoms with Crippen LogP contribution in [-0.4, -0.2) is 69.9 Å². The lowest BCUT2D eigenvalue weighted by molar-refractivity contribution is -0.136. The van der Waals surface area contributed by atoms with E-state index in [9.17, 15) is 14.0 Å². The van der Waals surface area contributed by atoms with Crippen LogP contribution in [0.5, 0.6) is 0 Å². The van der Waals surface area contributed by atoms with Crippen molar-refractivity contribution in [2.24, 2.45) is 5.92 Å². The number of likely N-dealkylation sites (tertiary alicyclic amines) is 1. The summed E-state index contributed by atoms with van der Waals surface area (Å²) in [5.74, 6) is 0.186. The first-order chi connectivity index (χ1) is 19.5. The fourth-order valence-corrected chi connectivity index (χ4v) is 6.59. The van der Waals surface area contributed by atoms with Gasteiger partial charge in [-0.2, -0.15) is 0 Å². The van der Waals surface area contributed by atoms with Crippen LogP contribution in [0.4, 0.5) is 10.3 Å². The number of aromatic nitrogens is 3. The Hall–Kier alpha value is -3.79. The maximum atomic E-state index is 14.4. The second-order valence-corrected chi connectivity index (χ2v) is 11.1. The maximum absolute atomic E-state index is 14.4. The maximum Gasteiger partial charge on any atom is 0.249 e. The Morgan fingerprint density at radius 1 is 1.12 bits per heavy atom. The van der Waals surface area contributed by atoms with Crippen molar-refractivity contribution in [1.29, 1.82) is 0 Å². The van der Waals surface area contributed by atoms with Gasteiger partial charge < -0.3 is 25.4 Å². The Balaban J connectivity index is 1.41. The Kier molecular flexibility index (Phi) is 7.27. The van der Waals surface area contributed by atoms with Crippen LogP contribution >= 0.6 is 0 Å². The zero-order valence-electron chi connectivity index (χ0n) is 23.0. The molecule has 3 N–H and O–H groups in total. The molecule has 0 spiro atoms. The summed E-state index contributed by atoms with van der Waals surface area (Å²) in [4.78, 5) is 43.8. The number of benzene rings is 1. The van der Waals surface area contributed by atoms with Crippen molar-refractivity contribution in [1.82, 2.24) is 30.5 Å². The van der Waals surface area contributed by atoms with Crippen molar-refractivity contribution in [3.8, 4) is 0 Å². The quantitative estimate of drug-likeness (QED) is 0.419. The molecule has 1 saturated carbocycles. The molecule has 0 radical (unpaired) electrons. The molecule has 1 saturated heterocycles. The lowest BCUT2D eigenvalue weighted by Crippen LogP contribution is -2.55. The average Bonchev–Trinajstić information content (AvgIpc) is 3.70. The molecule has 3 aliphatic rings. The van der Waals surface area contributed by atoms with Gasteiger partial charge in [-0.15, -0.1) is 0 Å². The number of carbonyl (C=O) groups is 2. The van der Waals surface area contributed by atoms with Crippen molar-refractivity contribution in [3.05, 3.63) is 59.9 Å². The molecule has 210 valence electrons. The Labute approximate surface area is 233 Å². The number of hydrogen-bond acceptors (Lipinski definition) is 6. The normalized spacial score (nSPS) is 21.1. The number of anilines is 1. The van der Waals surface area contributed by atoms with E-state index >= 15 is 0 Å². The number of H-pyrrole nitrogens is 1. The number of rotatable bonds is 7. The van der Waals surface area contributed by atoms with Crippen molar-refractivity contribution in [3.63, 3.8) is 0 Å². The molecule has 0 bridgehead atoms. The number of carbonyl (C=O) groups excluding carboxylic acids is 2. The molecule has 2 amide bonds. The van der Waals surface area contributed by atoms with E-state index < -0.39 is 12.1 Å². The molecule has 9 nitrogen and oxygen atoms in total. The summed E-state index contributed by atoms with van der Waals surface area (Å²) in [5, 5.41) is 7.01. The monoisotopic (exact) mass is 545 g/mol. The highest BCUT2D eigenvalue weighted by atomic mass is 19.1. The number of nitrogens with zero attached hydrogens (tertiary/aromatic N) is 4. The highest BCUT2D eigenvalue weighted by Gasteiger charge is 2.47. The van der Waals surface area contributed by atoms with Crippen molar-refractivity contribution < 1.29 is 14.0 Å². The smallest absolute Gasteiger partial charge is 0.249 e. The summed E-state index contributed by atoms with van der Waals surface area (Å²) >= 11 is 0. The van der Waals surface area contributed by atoms with Gasteiger partial charge >= 0.3 is 0 Å². The summed E-state index contributed by atoms with van der Waals surface area (Å²) in [6.45, 7) is 2.87. The zero-order valence-corrected chi connectivity index (χ0v) is 23.0. The van der Waals surface area contributed by atoms with Crippen LogP contribution in [-0.2, 0) is 9.59 Å². The van der Waals surface area contributed by atoms with Gasteiger partial charge in [0.25, 0.3) is 0 Å². The van der Waals surface area contributed by atoms with Crippen LogP contribution in [0.15, 0.2) is 48.6 Å². The van der Waals surface area contributed by atoms with Gasteiger partial charge in [0.05, 0.1) is 12.1 Å². The van der Waals surface area contributed by atoms with Crippen molar-refractivity contribution in [2.45, 2.75) is 63.6 Å². The van der Waals surface area contributed by atoms with E-state index in [4.69, 9.17) is 0 Å². The summed E-state index contributed by atoms with van der Waals surface area (Å²) < 4.78 is 14.0. The summed E-state index contributed by atoms with van der Waals surface area (Å²) in [6, 6.07) is 5.46. The number of hydrogen-bond donors (Lipinski definition) is 3. The van der Waals surface area contributed by atoms with Crippen LogP contribution in [0, 0.1) is 11.7 Å². The highest BCUT2D eigenvalue weighted by molar-refractivity contribution is 5.98. The van der Waals surface area contributed by atoms with Gasteiger partial charge in [-0.25, -0.2) is 14.4 Å². The third kappa shape index (κ3) is 4.74. The van der Waals surface area contributed by atoms with Gasteiger partial charge in [0, 0.05) is 59.4 Å². The van der Waals surface area contributed by atoms with Crippen LogP contribution in [0.25, 0.3) is 16.5 Å². The summed E-state index contributed by atoms with van der Waals surface area (Å²) in [5.41, 5.74) is 3.58. The number of nitrogens with one attached hydrogen (secondary N) is 3. The first-order valence-corrected chi connectivity index (χ1v) is 14.3. The molecule has 1 aromatic carbocycles. The molecule has 4 heterocycles. The predicted octanol–water partition coefficient (Wildman–Crippen LogP) is 3.60. The molecule has 1 aliphatic carbocycles. The van der Waals surface area contributed by atoms with E-state index in [0.29, 0.717) is 24.6 Å². The van der Waals surface area contributed by atoms with Gasteiger partial charge in [-0.3, -0.25) is 9.59 Å². The van der Waals surface area contributed by atoms with Crippen LogP contribution in [0.2, 0.25) is 0 Å². The molecule has 10 heteroatoms. The number of amides is 2. The van der Waals surface area contributed by atoms with E-state index in [1.54, 1.807) is 38.5 Å². The van der Waals surface area contributed by atoms with Gasteiger partial charge in [-0.1, -0.05) is 19.3 Å². The Bertz CT molecular complexity index is 1430. The second-order valence-electron chi connectivity index (χ2n) is 11.1. The lowest BCUT2D eigenvalue weighted by atomic mass is 9.83. The Morgan fingerprint density at radius 3 is 2.65 bits per heavy atom. The number of fused-ring (bicyclic) bond motifs is 2. The fraction of sp³-hybridized carbons (Fsp3) is 0.467. The van der Waals surface area contributed by atoms with E-state index in [1.165, 1.54) is 12.1 Å². The fourth-order valence-electron chi connectivity index (χ4n) is 6.59. The van der Waals surface area contributed by atoms with E-state index in [0.717, 1.165) is 60.7 Å². The molecular weight excluding hydrogens is 509 g/mol. The largest absolute Gasteiger partial charge is 0.360 e. The minimum atomic E-state index is -0.588. The van der Waals surface area contributed by atoms with Gasteiger partial charge in [0.15, 0.2) is 0 Å². The third-order valence-corrected chi connectivity index (χ3v) is 8.80. The molecule has 3 atom stereocenters. The predicted molar refractivity (Wildman–Crippen MR) is 152 cm³/mol. The van der Waals surface area contributed by atoms with Crippen LogP contribution in [0.1, 0.15) is 51.0 Å². The molecule has 6 rings (SSSR count). The van der Waals surface area contributed by atoms with Crippen LogP contribution in [0.3, 0.4) is 0 Å². The van der Waals surface area contributed by atoms with Crippen LogP contribution < -0.4 is 15.5 Å². The first kappa shape index (κ1) is 26.4. The molecule has 40 heavy (non-hydrogen) atoms. The molecule has 2 aliphatic heterocycles. The number of halogens is 1. The highest BCUT2D eigenvalue weighted by Crippen LogP contribution is 2.43. The molecule has 2 aromatic heterocycles. The summed E-state index contributed by atoms with van der Waals surface area (Å²) in [7, 11) is 1.75. The molecule has 3 unspecified atom stereocenters. The topological polar surface area (TPSA) is 106 Å². The van der Waals surface area contributed by atoms with Gasteiger partial charge in [-0.05, 0) is 63.4 Å². The van der Waals surface area contributed by atoms with E-state index in [2.05, 4.69) is 30.5 Å². The Morgan fingerprint density at radius 2 is 1.90 bits per heavy atom. The van der Waals surface area contributed by atoms with Crippen molar-refractivity contribution in [2.75, 3.05) is 25.0 Å². The third-order valence-electron chi connectivity index (χ3n) is 8.80. The standard InChI is InChI=1S/C30H36FN7O2/c1-18(32-2)28(39)36-26(19-7-4-3-5-8-19)29(40)37-14-11-25-27(37)23(17-38(25)30-33-12-6-13-34-30)22-16-35-24-15-20(31)9-10-21(22)24/h6,9-10,12-13,15-16,18-19,25-26,32,35H,3-5,7-8,11,14,17H2,1-2H3,(H,36,39). The first-order valence-electron chi connectivity index (χ1n) is 14.3. The van der Waals surface area contributed by atoms with Crippen molar-refractivity contribution >= 4 is 34.2 Å². The van der Waals surface area contributed by atoms with E-state index in [1.807, 2.05) is 11.1 Å². The minimum Gasteiger partial charge on any atom is -0.360 e. The molecule has 2 fully saturated rings. The van der Waals surface area contributed by atoms with E-state index in [-0.39, 0.29) is 29.6 Å². The SMILES string of the molecule is CNC(C)C(=O)NC(C(=O)N1CCC2C1=C(c1c[nH]c3cc(F)ccc13)CN2c1ncccn1)C1CCCCC1. The number of likely N-dealkylation sites (N-methyl/N-ethyl adjacent to an activating group) is 1. The summed E-state index contributed by atoms with van der Waals surface area (Å²) in [6.07, 6.45) is 11.2. The van der Waals surface area contributed by atoms with Gasteiger partial charge in [0.1, 0.15) is 11.9 Å². The lowest BCUT2D eigenvalue weighted by Gasteiger charge is -2.34. The zero-order chi connectivity index (χ0) is 27.8. The molecular formula is C30H36FN7O2. The average molecular weight is 546 g/mol. The van der Waals surface area contributed by atoms with Gasteiger partial charge in [0.2, 0.25) is 17.8 Å². The number of aromatic amines is 1.